The first kappa shape index (κ1) is 4.92. The summed E-state index contributed by atoms with van der Waals surface area (Å²) in [5.41, 5.74) is 1.78. The quantitative estimate of drug-likeness (QED) is 0.446. The van der Waals surface area contributed by atoms with E-state index in [9.17, 15) is 5.21 Å². The molecule has 0 spiro atoms. The highest BCUT2D eigenvalue weighted by molar-refractivity contribution is 4.35. The topological polar surface area (TPSA) is 31.9 Å². The molecule has 0 rings (SSSR count). The summed E-state index contributed by atoms with van der Waals surface area (Å²) >= 11 is 0. The van der Waals surface area contributed by atoms with E-state index in [1.165, 1.54) is 0 Å². The Kier molecular flexibility index (Phi) is 2.14. The maximum atomic E-state index is 9.38. The normalized spacial score (nSPS) is 9.60. The minimum absolute atomic E-state index is 0.0787. The standard InChI is InChI=1S/C3H8NO/c1-3(2)4-5/h3-4H,1-2H3. The van der Waals surface area contributed by atoms with Crippen molar-refractivity contribution in [2.24, 2.45) is 0 Å². The zero-order valence-corrected chi connectivity index (χ0v) is 3.49. The van der Waals surface area contributed by atoms with Gasteiger partial charge in [-0.3, -0.25) is 0 Å². The smallest absolute Gasteiger partial charge is 0.0296 e. The fourth-order valence-electron chi connectivity index (χ4n) is 0. The zero-order valence-electron chi connectivity index (χ0n) is 3.49. The molecule has 0 aromatic rings. The highest BCUT2D eigenvalue weighted by Gasteiger charge is 1.80. The molecule has 1 radical (unpaired) electrons. The van der Waals surface area contributed by atoms with E-state index in [0.717, 1.165) is 0 Å². The van der Waals surface area contributed by atoms with Crippen LogP contribution in [0.5, 0.6) is 0 Å². The third-order valence-corrected chi connectivity index (χ3v) is 0.236. The van der Waals surface area contributed by atoms with Gasteiger partial charge in [0.2, 0.25) is 0 Å². The van der Waals surface area contributed by atoms with E-state index in [2.05, 4.69) is 0 Å². The van der Waals surface area contributed by atoms with Crippen molar-refractivity contribution in [3.05, 3.63) is 0 Å². The van der Waals surface area contributed by atoms with Crippen molar-refractivity contribution >= 4 is 0 Å². The van der Waals surface area contributed by atoms with Crippen molar-refractivity contribution in [1.82, 2.24) is 5.48 Å². The maximum absolute atomic E-state index is 9.38. The van der Waals surface area contributed by atoms with Crippen molar-refractivity contribution < 1.29 is 5.21 Å². The van der Waals surface area contributed by atoms with Crippen molar-refractivity contribution in [1.29, 1.82) is 0 Å². The third-order valence-electron chi connectivity index (χ3n) is 0.236. The minimum atomic E-state index is 0.0787. The first-order valence-corrected chi connectivity index (χ1v) is 1.65. The van der Waals surface area contributed by atoms with Gasteiger partial charge in [-0.2, -0.15) is 5.48 Å². The van der Waals surface area contributed by atoms with Crippen LogP contribution in [0.15, 0.2) is 0 Å². The largest absolute Gasteiger partial charge is 0.165 e. The van der Waals surface area contributed by atoms with Gasteiger partial charge in [-0.1, -0.05) is 0 Å². The van der Waals surface area contributed by atoms with Crippen molar-refractivity contribution in [3.63, 3.8) is 0 Å². The third kappa shape index (κ3) is 3.92. The molecule has 0 amide bonds. The highest BCUT2D eigenvalue weighted by atomic mass is 16.5. The van der Waals surface area contributed by atoms with E-state index in [0.29, 0.717) is 0 Å². The van der Waals surface area contributed by atoms with Gasteiger partial charge in [-0.15, -0.1) is 5.21 Å². The molecule has 0 saturated carbocycles. The molecule has 0 atom stereocenters. The molecule has 31 valence electrons. The molecule has 0 saturated heterocycles. The van der Waals surface area contributed by atoms with Crippen LogP contribution in [0.25, 0.3) is 0 Å². The average molecular weight is 74.1 g/mol. The zero-order chi connectivity index (χ0) is 4.28. The number of hydrogen-bond acceptors (Lipinski definition) is 1. The first-order valence-electron chi connectivity index (χ1n) is 1.65. The lowest BCUT2D eigenvalue weighted by atomic mass is 10.4. The number of rotatable bonds is 1. The summed E-state index contributed by atoms with van der Waals surface area (Å²) in [5, 5.41) is 9.38. The Balaban J connectivity index is 2.54. The molecule has 0 fully saturated rings. The molecule has 0 aromatic carbocycles. The summed E-state index contributed by atoms with van der Waals surface area (Å²) in [6.45, 7) is 3.60. The predicted molar refractivity (Wildman–Crippen MR) is 19.0 cm³/mol. The molecule has 5 heavy (non-hydrogen) atoms. The van der Waals surface area contributed by atoms with Gasteiger partial charge >= 0.3 is 0 Å². The molecule has 0 aromatic heterocycles. The summed E-state index contributed by atoms with van der Waals surface area (Å²) in [7, 11) is 0. The van der Waals surface area contributed by atoms with Crippen LogP contribution >= 0.6 is 0 Å². The van der Waals surface area contributed by atoms with Gasteiger partial charge in [0.25, 0.3) is 0 Å². The van der Waals surface area contributed by atoms with Crippen LogP contribution in [0.4, 0.5) is 0 Å². The molecule has 0 bridgehead atoms. The molecule has 1 N–H and O–H groups in total. The Hall–Kier alpha value is -0.0800. The van der Waals surface area contributed by atoms with Crippen LogP contribution in [-0.2, 0) is 5.21 Å². The summed E-state index contributed by atoms with van der Waals surface area (Å²) in [6.07, 6.45) is 0. The predicted octanol–water partition coefficient (Wildman–Crippen LogP) is 0.330. The van der Waals surface area contributed by atoms with E-state index in [4.69, 9.17) is 0 Å². The van der Waals surface area contributed by atoms with Gasteiger partial charge in [0.15, 0.2) is 0 Å². The van der Waals surface area contributed by atoms with E-state index in [1.807, 2.05) is 0 Å². The van der Waals surface area contributed by atoms with Crippen LogP contribution in [0, 0.1) is 0 Å². The second-order valence-corrected chi connectivity index (χ2v) is 1.27. The Morgan fingerprint density at radius 3 is 1.80 bits per heavy atom. The molecule has 0 aliphatic heterocycles. The van der Waals surface area contributed by atoms with Crippen LogP contribution in [0.1, 0.15) is 13.8 Å². The minimum Gasteiger partial charge on any atom is -0.165 e. The van der Waals surface area contributed by atoms with Crippen LogP contribution in [0.3, 0.4) is 0 Å². The van der Waals surface area contributed by atoms with Gasteiger partial charge in [-0.05, 0) is 13.8 Å². The fourth-order valence-corrected chi connectivity index (χ4v) is 0. The molecule has 0 unspecified atom stereocenters. The van der Waals surface area contributed by atoms with Gasteiger partial charge in [0, 0.05) is 6.04 Å². The number of hydroxylamine groups is 1. The van der Waals surface area contributed by atoms with E-state index in [1.54, 1.807) is 19.3 Å². The van der Waals surface area contributed by atoms with Crippen molar-refractivity contribution in [2.45, 2.75) is 19.9 Å². The molecule has 0 aliphatic rings. The summed E-state index contributed by atoms with van der Waals surface area (Å²) in [6, 6.07) is 0.0787. The number of hydrogen-bond donors (Lipinski definition) is 1. The van der Waals surface area contributed by atoms with Gasteiger partial charge < -0.3 is 0 Å². The molecule has 0 aliphatic carbocycles. The molecular formula is C3H8NO. The fraction of sp³-hybridized carbons (Fsp3) is 1.00. The lowest BCUT2D eigenvalue weighted by molar-refractivity contribution is 0.0544. The van der Waals surface area contributed by atoms with Crippen LogP contribution in [-0.4, -0.2) is 6.04 Å². The first-order chi connectivity index (χ1) is 2.27. The molecule has 2 nitrogen and oxygen atoms in total. The Morgan fingerprint density at radius 1 is 1.60 bits per heavy atom. The van der Waals surface area contributed by atoms with Gasteiger partial charge in [-0.25, -0.2) is 0 Å². The maximum Gasteiger partial charge on any atom is 0.0296 e. The monoisotopic (exact) mass is 74.1 g/mol. The average Bonchev–Trinajstić information content (AvgIpc) is 1.38. The SMILES string of the molecule is CC(C)N[O]. The second-order valence-electron chi connectivity index (χ2n) is 1.27. The molecule has 0 heterocycles. The number of nitrogens with one attached hydrogen (secondary N) is 1. The summed E-state index contributed by atoms with van der Waals surface area (Å²) in [4.78, 5) is 0. The molecule has 2 heteroatoms. The lowest BCUT2D eigenvalue weighted by Crippen LogP contribution is -2.14. The molecular weight excluding hydrogens is 66.0 g/mol. The Labute approximate surface area is 31.8 Å². The van der Waals surface area contributed by atoms with Crippen molar-refractivity contribution in [3.8, 4) is 0 Å². The van der Waals surface area contributed by atoms with E-state index in [-0.39, 0.29) is 6.04 Å². The van der Waals surface area contributed by atoms with E-state index < -0.39 is 0 Å². The van der Waals surface area contributed by atoms with Gasteiger partial charge in [0.1, 0.15) is 0 Å². The van der Waals surface area contributed by atoms with Crippen molar-refractivity contribution in [2.75, 3.05) is 0 Å². The summed E-state index contributed by atoms with van der Waals surface area (Å²) in [5.74, 6) is 0. The summed E-state index contributed by atoms with van der Waals surface area (Å²) < 4.78 is 0. The highest BCUT2D eigenvalue weighted by Crippen LogP contribution is 1.66. The lowest BCUT2D eigenvalue weighted by Gasteiger charge is -1.90. The van der Waals surface area contributed by atoms with E-state index >= 15 is 0 Å². The Bertz CT molecular complexity index is 20.9. The van der Waals surface area contributed by atoms with Gasteiger partial charge in [0.05, 0.1) is 0 Å². The Morgan fingerprint density at radius 2 is 1.80 bits per heavy atom. The van der Waals surface area contributed by atoms with Crippen LogP contribution in [0.2, 0.25) is 0 Å². The van der Waals surface area contributed by atoms with Crippen LogP contribution < -0.4 is 5.48 Å². The second kappa shape index (κ2) is 2.18.